The second-order valence-corrected chi connectivity index (χ2v) is 1.71. The summed E-state index contributed by atoms with van der Waals surface area (Å²) in [6.45, 7) is -0.124. The largest absolute Gasteiger partial charge is 0.508 e. The minimum Gasteiger partial charge on any atom is -0.508 e. The van der Waals surface area contributed by atoms with Crippen LogP contribution in [0.15, 0.2) is 18.2 Å². The second-order valence-electron chi connectivity index (χ2n) is 1.71. The zero-order valence-corrected chi connectivity index (χ0v) is 4.83. The van der Waals surface area contributed by atoms with Crippen LogP contribution in [0.5, 0.6) is 5.75 Å². The van der Waals surface area contributed by atoms with Crippen LogP contribution >= 0.6 is 0 Å². The average molecular weight is 123 g/mol. The van der Waals surface area contributed by atoms with Gasteiger partial charge in [0.2, 0.25) is 0 Å². The molecule has 0 saturated heterocycles. The third-order valence-electron chi connectivity index (χ3n) is 1.10. The molecule has 2 nitrogen and oxygen atoms in total. The maximum Gasteiger partial charge on any atom is 0.121 e. The molecule has 1 rings (SSSR count). The van der Waals surface area contributed by atoms with E-state index in [1.54, 1.807) is 12.1 Å². The lowest BCUT2D eigenvalue weighted by atomic mass is 10.2. The predicted octanol–water partition coefficient (Wildman–Crippen LogP) is 0.685. The highest BCUT2D eigenvalue weighted by molar-refractivity contribution is 5.30. The molecule has 9 heavy (non-hydrogen) atoms. The SMILES string of the molecule is OCc1cc[c]cc1O. The van der Waals surface area contributed by atoms with Gasteiger partial charge in [0.15, 0.2) is 0 Å². The van der Waals surface area contributed by atoms with E-state index in [1.807, 2.05) is 0 Å². The van der Waals surface area contributed by atoms with Gasteiger partial charge in [-0.1, -0.05) is 12.1 Å². The standard InChI is InChI=1S/C7H7O2/c8-5-6-3-1-2-4-7(6)9/h1,3-4,8-9H,5H2. The van der Waals surface area contributed by atoms with Crippen LogP contribution in [0.4, 0.5) is 0 Å². The number of aliphatic hydroxyl groups excluding tert-OH is 1. The first-order valence-corrected chi connectivity index (χ1v) is 2.63. The molecule has 0 heterocycles. The fourth-order valence-corrected chi connectivity index (χ4v) is 0.588. The highest BCUT2D eigenvalue weighted by Crippen LogP contribution is 2.13. The van der Waals surface area contributed by atoms with Crippen LogP contribution in [0.2, 0.25) is 0 Å². The van der Waals surface area contributed by atoms with Gasteiger partial charge in [-0.3, -0.25) is 0 Å². The lowest BCUT2D eigenvalue weighted by Gasteiger charge is -1.96. The molecule has 47 valence electrons. The normalized spacial score (nSPS) is 9.44. The van der Waals surface area contributed by atoms with Crippen LogP contribution in [0.3, 0.4) is 0 Å². The fourth-order valence-electron chi connectivity index (χ4n) is 0.588. The number of rotatable bonds is 1. The van der Waals surface area contributed by atoms with Crippen molar-refractivity contribution in [3.05, 3.63) is 29.8 Å². The summed E-state index contributed by atoms with van der Waals surface area (Å²) in [5, 5.41) is 17.5. The molecule has 0 atom stereocenters. The topological polar surface area (TPSA) is 40.5 Å². The highest BCUT2D eigenvalue weighted by Gasteiger charge is 1.93. The van der Waals surface area contributed by atoms with Crippen molar-refractivity contribution in [3.8, 4) is 5.75 Å². The van der Waals surface area contributed by atoms with Crippen LogP contribution in [0.25, 0.3) is 0 Å². The Hall–Kier alpha value is -1.02. The lowest BCUT2D eigenvalue weighted by molar-refractivity contribution is 0.275. The molecule has 0 bridgehead atoms. The Kier molecular flexibility index (Phi) is 1.70. The van der Waals surface area contributed by atoms with Crippen molar-refractivity contribution in [2.24, 2.45) is 0 Å². The number of aromatic hydroxyl groups is 1. The van der Waals surface area contributed by atoms with Gasteiger partial charge < -0.3 is 10.2 Å². The minimum atomic E-state index is -0.124. The molecule has 0 spiro atoms. The zero-order chi connectivity index (χ0) is 6.69. The van der Waals surface area contributed by atoms with Gasteiger partial charge in [-0.05, 0) is 12.1 Å². The third kappa shape index (κ3) is 1.21. The van der Waals surface area contributed by atoms with Gasteiger partial charge in [-0.2, -0.15) is 0 Å². The van der Waals surface area contributed by atoms with E-state index in [0.717, 1.165) is 0 Å². The van der Waals surface area contributed by atoms with Crippen LogP contribution in [0.1, 0.15) is 5.56 Å². The summed E-state index contributed by atoms with van der Waals surface area (Å²) in [6, 6.07) is 7.36. The first-order chi connectivity index (χ1) is 4.34. The first kappa shape index (κ1) is 6.11. The molecular formula is C7H7O2. The molecule has 2 N–H and O–H groups in total. The van der Waals surface area contributed by atoms with Crippen molar-refractivity contribution in [2.75, 3.05) is 0 Å². The van der Waals surface area contributed by atoms with Crippen molar-refractivity contribution < 1.29 is 10.2 Å². The van der Waals surface area contributed by atoms with Crippen LogP contribution in [-0.4, -0.2) is 10.2 Å². The van der Waals surface area contributed by atoms with Crippen molar-refractivity contribution in [3.63, 3.8) is 0 Å². The molecule has 0 aliphatic carbocycles. The number of hydrogen-bond acceptors (Lipinski definition) is 2. The van der Waals surface area contributed by atoms with E-state index < -0.39 is 0 Å². The molecule has 0 unspecified atom stereocenters. The van der Waals surface area contributed by atoms with Gasteiger partial charge in [0.25, 0.3) is 0 Å². The van der Waals surface area contributed by atoms with Crippen molar-refractivity contribution in [1.82, 2.24) is 0 Å². The van der Waals surface area contributed by atoms with Crippen LogP contribution in [0, 0.1) is 6.07 Å². The van der Waals surface area contributed by atoms with Crippen molar-refractivity contribution in [2.45, 2.75) is 6.61 Å². The first-order valence-electron chi connectivity index (χ1n) is 2.63. The molecule has 0 aromatic heterocycles. The zero-order valence-electron chi connectivity index (χ0n) is 4.83. The van der Waals surface area contributed by atoms with Gasteiger partial charge in [0.05, 0.1) is 6.61 Å². The van der Waals surface area contributed by atoms with Gasteiger partial charge in [0, 0.05) is 5.56 Å². The number of phenols is 1. The Bertz CT molecular complexity index is 196. The van der Waals surface area contributed by atoms with E-state index in [1.165, 1.54) is 6.07 Å². The molecule has 0 aliphatic heterocycles. The maximum atomic E-state index is 8.92. The number of benzene rings is 1. The predicted molar refractivity (Wildman–Crippen MR) is 32.9 cm³/mol. The van der Waals surface area contributed by atoms with E-state index in [4.69, 9.17) is 10.2 Å². The van der Waals surface area contributed by atoms with Crippen LogP contribution in [-0.2, 0) is 6.61 Å². The summed E-state index contributed by atoms with van der Waals surface area (Å²) in [5.74, 6) is 0.0972. The lowest BCUT2D eigenvalue weighted by Crippen LogP contribution is -1.81. The maximum absolute atomic E-state index is 8.92. The van der Waals surface area contributed by atoms with Gasteiger partial charge in [-0.25, -0.2) is 0 Å². The fraction of sp³-hybridized carbons (Fsp3) is 0.143. The average Bonchev–Trinajstić information content (AvgIpc) is 1.89. The summed E-state index contributed by atoms with van der Waals surface area (Å²) in [4.78, 5) is 0. The molecule has 1 radical (unpaired) electrons. The summed E-state index contributed by atoms with van der Waals surface area (Å²) in [5.41, 5.74) is 0.536. The Morgan fingerprint density at radius 1 is 1.56 bits per heavy atom. The molecule has 0 fully saturated rings. The van der Waals surface area contributed by atoms with E-state index in [2.05, 4.69) is 6.07 Å². The Morgan fingerprint density at radius 3 is 2.78 bits per heavy atom. The van der Waals surface area contributed by atoms with Gasteiger partial charge in [0.1, 0.15) is 5.75 Å². The van der Waals surface area contributed by atoms with Gasteiger partial charge >= 0.3 is 0 Å². The Morgan fingerprint density at radius 2 is 2.33 bits per heavy atom. The Labute approximate surface area is 53.4 Å². The molecule has 0 amide bonds. The van der Waals surface area contributed by atoms with E-state index in [0.29, 0.717) is 5.56 Å². The minimum absolute atomic E-state index is 0.0972. The van der Waals surface area contributed by atoms with Gasteiger partial charge in [-0.15, -0.1) is 0 Å². The highest BCUT2D eigenvalue weighted by atomic mass is 16.3. The molecule has 0 aliphatic rings. The number of aliphatic hydroxyl groups is 1. The molecule has 1 aromatic carbocycles. The van der Waals surface area contributed by atoms with E-state index in [-0.39, 0.29) is 12.4 Å². The molecule has 0 saturated carbocycles. The summed E-state index contributed by atoms with van der Waals surface area (Å²) >= 11 is 0. The van der Waals surface area contributed by atoms with Crippen molar-refractivity contribution >= 4 is 0 Å². The smallest absolute Gasteiger partial charge is 0.121 e. The van der Waals surface area contributed by atoms with Crippen molar-refractivity contribution in [1.29, 1.82) is 0 Å². The number of hydrogen-bond donors (Lipinski definition) is 2. The quantitative estimate of drug-likeness (QED) is 0.576. The monoisotopic (exact) mass is 123 g/mol. The Balaban J connectivity index is 3.01. The molecular weight excluding hydrogens is 116 g/mol. The third-order valence-corrected chi connectivity index (χ3v) is 1.10. The van der Waals surface area contributed by atoms with E-state index in [9.17, 15) is 0 Å². The summed E-state index contributed by atoms with van der Waals surface area (Å²) in [7, 11) is 0. The molecule has 2 heteroatoms. The van der Waals surface area contributed by atoms with Crippen LogP contribution < -0.4 is 0 Å². The van der Waals surface area contributed by atoms with E-state index >= 15 is 0 Å². The molecule has 1 aromatic rings. The summed E-state index contributed by atoms with van der Waals surface area (Å²) in [6.07, 6.45) is 0. The second kappa shape index (κ2) is 2.51. The summed E-state index contributed by atoms with van der Waals surface area (Å²) < 4.78 is 0.